The van der Waals surface area contributed by atoms with Crippen molar-refractivity contribution in [1.29, 1.82) is 0 Å². The Balaban J connectivity index is 3.01. The highest BCUT2D eigenvalue weighted by molar-refractivity contribution is 5.93. The lowest BCUT2D eigenvalue weighted by Crippen LogP contribution is -2.29. The average molecular weight is 255 g/mol. The van der Waals surface area contributed by atoms with E-state index in [1.165, 1.54) is 18.2 Å². The van der Waals surface area contributed by atoms with Gasteiger partial charge in [-0.2, -0.15) is 0 Å². The molecule has 98 valence electrons. The van der Waals surface area contributed by atoms with Crippen LogP contribution in [0.4, 0.5) is 5.69 Å². The first-order valence-corrected chi connectivity index (χ1v) is 4.95. The first kappa shape index (κ1) is 13.9. The lowest BCUT2D eigenvalue weighted by atomic mass is 10.0. The maximum atomic E-state index is 11.0. The summed E-state index contributed by atoms with van der Waals surface area (Å²) in [5.74, 6) is -2.20. The number of nitrogen functional groups attached to an aromatic ring is 1. The van der Waals surface area contributed by atoms with Crippen LogP contribution in [0.5, 0.6) is 0 Å². The van der Waals surface area contributed by atoms with Gasteiger partial charge in [-0.05, 0) is 17.7 Å². The number of carbonyl (C=O) groups is 2. The molecular weight excluding hydrogens is 242 g/mol. The molecule has 0 heterocycles. The molecule has 0 amide bonds. The number of hydrogen-bond acceptors (Lipinski definition) is 6. The van der Waals surface area contributed by atoms with Crippen molar-refractivity contribution in [2.75, 3.05) is 12.8 Å². The largest absolute Gasteiger partial charge is 0.478 e. The van der Waals surface area contributed by atoms with Crippen LogP contribution < -0.4 is 5.73 Å². The predicted molar refractivity (Wildman–Crippen MR) is 60.8 cm³/mol. The number of hydrogen-bond donors (Lipinski definition) is 4. The van der Waals surface area contributed by atoms with E-state index in [1.807, 2.05) is 0 Å². The molecule has 0 saturated heterocycles. The van der Waals surface area contributed by atoms with E-state index in [4.69, 9.17) is 10.8 Å². The van der Waals surface area contributed by atoms with Gasteiger partial charge in [0.15, 0.2) is 6.10 Å². The maximum Gasteiger partial charge on any atom is 0.337 e. The summed E-state index contributed by atoms with van der Waals surface area (Å²) in [5, 5.41) is 27.9. The zero-order chi connectivity index (χ0) is 13.9. The van der Waals surface area contributed by atoms with Crippen molar-refractivity contribution in [3.8, 4) is 0 Å². The van der Waals surface area contributed by atoms with Crippen molar-refractivity contribution in [3.63, 3.8) is 0 Å². The van der Waals surface area contributed by atoms with Gasteiger partial charge in [-0.15, -0.1) is 0 Å². The van der Waals surface area contributed by atoms with Crippen molar-refractivity contribution in [2.24, 2.45) is 0 Å². The van der Waals surface area contributed by atoms with Crippen LogP contribution >= 0.6 is 0 Å². The van der Waals surface area contributed by atoms with Gasteiger partial charge in [0.25, 0.3) is 0 Å². The van der Waals surface area contributed by atoms with Gasteiger partial charge in [-0.25, -0.2) is 9.59 Å². The third-order valence-electron chi connectivity index (χ3n) is 2.39. The zero-order valence-corrected chi connectivity index (χ0v) is 9.53. The molecule has 0 saturated carbocycles. The quantitative estimate of drug-likeness (QED) is 0.422. The van der Waals surface area contributed by atoms with Gasteiger partial charge in [0.2, 0.25) is 0 Å². The Bertz CT molecular complexity index is 473. The highest BCUT2D eigenvalue weighted by Crippen LogP contribution is 2.22. The number of anilines is 1. The molecule has 0 aliphatic rings. The molecule has 2 atom stereocenters. The van der Waals surface area contributed by atoms with Crippen LogP contribution in [0.25, 0.3) is 0 Å². The Labute approximate surface area is 102 Å². The second-order valence-corrected chi connectivity index (χ2v) is 3.56. The molecule has 0 spiro atoms. The molecule has 0 aliphatic heterocycles. The van der Waals surface area contributed by atoms with Gasteiger partial charge >= 0.3 is 11.9 Å². The molecular formula is C11H13NO6. The Morgan fingerprint density at radius 1 is 1.33 bits per heavy atom. The van der Waals surface area contributed by atoms with E-state index < -0.39 is 24.1 Å². The van der Waals surface area contributed by atoms with E-state index in [0.29, 0.717) is 0 Å². The first-order valence-electron chi connectivity index (χ1n) is 4.95. The molecule has 7 heteroatoms. The highest BCUT2D eigenvalue weighted by atomic mass is 16.5. The summed E-state index contributed by atoms with van der Waals surface area (Å²) in [7, 11) is 1.07. The molecule has 2 unspecified atom stereocenters. The summed E-state index contributed by atoms with van der Waals surface area (Å²) >= 11 is 0. The van der Waals surface area contributed by atoms with Crippen LogP contribution in [0.15, 0.2) is 18.2 Å². The average Bonchev–Trinajstić information content (AvgIpc) is 2.35. The number of carbonyl (C=O) groups excluding carboxylic acids is 1. The van der Waals surface area contributed by atoms with E-state index in [2.05, 4.69) is 4.74 Å². The van der Waals surface area contributed by atoms with E-state index in [9.17, 15) is 19.8 Å². The number of methoxy groups -OCH3 is 1. The lowest BCUT2D eigenvalue weighted by molar-refractivity contribution is -0.156. The van der Waals surface area contributed by atoms with Crippen molar-refractivity contribution < 1.29 is 29.6 Å². The number of carboxylic acid groups (broad SMARTS) is 1. The molecule has 0 fully saturated rings. The van der Waals surface area contributed by atoms with Crippen LogP contribution in [-0.2, 0) is 9.53 Å². The van der Waals surface area contributed by atoms with Gasteiger partial charge in [-0.3, -0.25) is 0 Å². The minimum Gasteiger partial charge on any atom is -0.478 e. The number of nitrogens with two attached hydrogens (primary N) is 1. The smallest absolute Gasteiger partial charge is 0.337 e. The van der Waals surface area contributed by atoms with E-state index in [-0.39, 0.29) is 16.8 Å². The summed E-state index contributed by atoms with van der Waals surface area (Å²) < 4.78 is 4.27. The third-order valence-corrected chi connectivity index (χ3v) is 2.39. The molecule has 0 bridgehead atoms. The Morgan fingerprint density at radius 3 is 2.39 bits per heavy atom. The van der Waals surface area contributed by atoms with Crippen LogP contribution in [0.2, 0.25) is 0 Å². The first-order chi connectivity index (χ1) is 8.38. The third kappa shape index (κ3) is 2.76. The molecule has 5 N–H and O–H groups in total. The summed E-state index contributed by atoms with van der Waals surface area (Å²) in [5.41, 5.74) is 5.40. The Morgan fingerprint density at radius 2 is 1.94 bits per heavy atom. The second-order valence-electron chi connectivity index (χ2n) is 3.56. The topological polar surface area (TPSA) is 130 Å². The SMILES string of the molecule is COC(=O)C(O)C(O)c1ccc(C(=O)O)c(N)c1. The molecule has 0 radical (unpaired) electrons. The van der Waals surface area contributed by atoms with Gasteiger partial charge < -0.3 is 25.8 Å². The number of carboxylic acids is 1. The Hall–Kier alpha value is -2.12. The van der Waals surface area contributed by atoms with Crippen molar-refractivity contribution in [3.05, 3.63) is 29.3 Å². The monoisotopic (exact) mass is 255 g/mol. The summed E-state index contributed by atoms with van der Waals surface area (Å²) in [4.78, 5) is 21.8. The number of esters is 1. The molecule has 0 aromatic heterocycles. The zero-order valence-electron chi connectivity index (χ0n) is 9.53. The summed E-state index contributed by atoms with van der Waals surface area (Å²) in [6.45, 7) is 0. The van der Waals surface area contributed by atoms with E-state index >= 15 is 0 Å². The normalized spacial score (nSPS) is 13.7. The van der Waals surface area contributed by atoms with E-state index in [1.54, 1.807) is 0 Å². The molecule has 1 aromatic rings. The molecule has 7 nitrogen and oxygen atoms in total. The van der Waals surface area contributed by atoms with Gasteiger partial charge in [0.05, 0.1) is 12.7 Å². The molecule has 18 heavy (non-hydrogen) atoms. The molecule has 1 rings (SSSR count). The van der Waals surface area contributed by atoms with Gasteiger partial charge in [0.1, 0.15) is 6.10 Å². The summed E-state index contributed by atoms with van der Waals surface area (Å²) in [6, 6.07) is 3.62. The number of ether oxygens (including phenoxy) is 1. The fourth-order valence-corrected chi connectivity index (χ4v) is 1.39. The minimum absolute atomic E-state index is 0.0730. The number of aromatic carboxylic acids is 1. The van der Waals surface area contributed by atoms with Crippen LogP contribution in [0.3, 0.4) is 0 Å². The van der Waals surface area contributed by atoms with Crippen molar-refractivity contribution in [1.82, 2.24) is 0 Å². The van der Waals surface area contributed by atoms with Crippen LogP contribution in [-0.4, -0.2) is 40.5 Å². The second kappa shape index (κ2) is 5.48. The summed E-state index contributed by atoms with van der Waals surface area (Å²) in [6.07, 6.45) is -3.30. The standard InChI is InChI=1S/C11H13NO6/c1-18-11(17)9(14)8(13)5-2-3-6(10(15)16)7(12)4-5/h2-4,8-9,13-14H,12H2,1H3,(H,15,16). The lowest BCUT2D eigenvalue weighted by Gasteiger charge is -2.16. The fraction of sp³-hybridized carbons (Fsp3) is 0.273. The number of aliphatic hydroxyl groups is 2. The van der Waals surface area contributed by atoms with Crippen LogP contribution in [0, 0.1) is 0 Å². The van der Waals surface area contributed by atoms with Gasteiger partial charge in [0, 0.05) is 5.69 Å². The fourth-order valence-electron chi connectivity index (χ4n) is 1.39. The highest BCUT2D eigenvalue weighted by Gasteiger charge is 2.27. The number of rotatable bonds is 4. The number of benzene rings is 1. The number of aliphatic hydroxyl groups excluding tert-OH is 2. The predicted octanol–water partition coefficient (Wildman–Crippen LogP) is -0.466. The van der Waals surface area contributed by atoms with Crippen molar-refractivity contribution in [2.45, 2.75) is 12.2 Å². The van der Waals surface area contributed by atoms with Crippen LogP contribution in [0.1, 0.15) is 22.0 Å². The van der Waals surface area contributed by atoms with E-state index in [0.717, 1.165) is 7.11 Å². The maximum absolute atomic E-state index is 11.0. The molecule has 0 aliphatic carbocycles. The minimum atomic E-state index is -1.76. The van der Waals surface area contributed by atoms with Gasteiger partial charge in [-0.1, -0.05) is 6.07 Å². The Kier molecular flexibility index (Phi) is 4.24. The van der Waals surface area contributed by atoms with Crippen molar-refractivity contribution >= 4 is 17.6 Å². The molecule has 1 aromatic carbocycles.